The zero-order valence-corrected chi connectivity index (χ0v) is 10.8. The van der Waals surface area contributed by atoms with Crippen LogP contribution in [0, 0.1) is 19.8 Å². The highest BCUT2D eigenvalue weighted by atomic mass is 16.5. The fourth-order valence-electron chi connectivity index (χ4n) is 1.92. The Labute approximate surface area is 102 Å². The van der Waals surface area contributed by atoms with Gasteiger partial charge in [-0.2, -0.15) is 0 Å². The number of carboxylic acids is 1. The number of pyridine rings is 1. The molecule has 94 valence electrons. The molecule has 0 saturated heterocycles. The van der Waals surface area contributed by atoms with Crippen LogP contribution in [0.2, 0.25) is 0 Å². The fourth-order valence-corrected chi connectivity index (χ4v) is 1.92. The summed E-state index contributed by atoms with van der Waals surface area (Å²) in [6.45, 7) is 5.72. The summed E-state index contributed by atoms with van der Waals surface area (Å²) in [6.07, 6.45) is 2.79. The van der Waals surface area contributed by atoms with Crippen molar-refractivity contribution in [2.24, 2.45) is 5.92 Å². The molecule has 4 nitrogen and oxygen atoms in total. The number of rotatable bonds is 5. The number of nitrogens with zero attached hydrogens (tertiary/aromatic N) is 1. The first-order valence-corrected chi connectivity index (χ1v) is 5.73. The number of hydrogen-bond donors (Lipinski definition) is 1. The van der Waals surface area contributed by atoms with Crippen LogP contribution in [0.4, 0.5) is 0 Å². The Morgan fingerprint density at radius 3 is 2.65 bits per heavy atom. The Morgan fingerprint density at radius 1 is 1.53 bits per heavy atom. The molecule has 0 radical (unpaired) electrons. The topological polar surface area (TPSA) is 59.4 Å². The van der Waals surface area contributed by atoms with E-state index < -0.39 is 5.97 Å². The van der Waals surface area contributed by atoms with Crippen LogP contribution in [-0.4, -0.2) is 23.2 Å². The predicted molar refractivity (Wildman–Crippen MR) is 65.4 cm³/mol. The molecule has 1 N–H and O–H groups in total. The lowest BCUT2D eigenvalue weighted by Crippen LogP contribution is -2.17. The van der Waals surface area contributed by atoms with Crippen LogP contribution in [0.1, 0.15) is 30.2 Å². The van der Waals surface area contributed by atoms with Gasteiger partial charge in [0.05, 0.1) is 13.0 Å². The van der Waals surface area contributed by atoms with Crippen molar-refractivity contribution in [3.05, 3.63) is 23.0 Å². The molecule has 1 heterocycles. The van der Waals surface area contributed by atoms with Crippen molar-refractivity contribution in [1.82, 2.24) is 4.98 Å². The lowest BCUT2D eigenvalue weighted by atomic mass is 9.97. The maximum Gasteiger partial charge on any atom is 0.306 e. The fraction of sp³-hybridized carbons (Fsp3) is 0.538. The molecule has 0 bridgehead atoms. The second kappa shape index (κ2) is 5.66. The number of aryl methyl sites for hydroxylation is 1. The van der Waals surface area contributed by atoms with Gasteiger partial charge < -0.3 is 9.84 Å². The molecule has 1 rings (SSSR count). The zero-order valence-electron chi connectivity index (χ0n) is 10.8. The normalized spacial score (nSPS) is 12.2. The molecule has 0 aliphatic rings. The van der Waals surface area contributed by atoms with E-state index in [-0.39, 0.29) is 5.92 Å². The van der Waals surface area contributed by atoms with Crippen molar-refractivity contribution in [3.8, 4) is 5.75 Å². The minimum absolute atomic E-state index is 0.381. The first kappa shape index (κ1) is 13.5. The largest absolute Gasteiger partial charge is 0.496 e. The van der Waals surface area contributed by atoms with Crippen LogP contribution in [0.25, 0.3) is 0 Å². The molecule has 0 saturated carbocycles. The number of methoxy groups -OCH3 is 1. The second-order valence-electron chi connectivity index (χ2n) is 4.19. The maximum atomic E-state index is 11.0. The van der Waals surface area contributed by atoms with E-state index in [2.05, 4.69) is 4.98 Å². The van der Waals surface area contributed by atoms with E-state index in [4.69, 9.17) is 9.84 Å². The van der Waals surface area contributed by atoms with Crippen molar-refractivity contribution in [2.45, 2.75) is 33.6 Å². The van der Waals surface area contributed by atoms with Gasteiger partial charge in [0, 0.05) is 29.4 Å². The Balaban J connectivity index is 3.03. The molecule has 1 aromatic heterocycles. The standard InChI is InChI=1S/C13H19NO3/c1-5-10(13(15)16)6-11-9(3)12(17-4)8(2)7-14-11/h7,10H,5-6H2,1-4H3,(H,15,16). The number of ether oxygens (including phenoxy) is 1. The first-order valence-electron chi connectivity index (χ1n) is 5.73. The summed E-state index contributed by atoms with van der Waals surface area (Å²) in [5.41, 5.74) is 2.71. The van der Waals surface area contributed by atoms with Gasteiger partial charge in [0.2, 0.25) is 0 Å². The van der Waals surface area contributed by atoms with E-state index in [0.29, 0.717) is 12.8 Å². The molecule has 0 aromatic carbocycles. The first-order chi connectivity index (χ1) is 8.01. The molecule has 0 fully saturated rings. The summed E-state index contributed by atoms with van der Waals surface area (Å²) in [5.74, 6) is -0.350. The van der Waals surface area contributed by atoms with Gasteiger partial charge in [0.25, 0.3) is 0 Å². The second-order valence-corrected chi connectivity index (χ2v) is 4.19. The molecular weight excluding hydrogens is 218 g/mol. The van der Waals surface area contributed by atoms with E-state index in [1.165, 1.54) is 0 Å². The summed E-state index contributed by atoms with van der Waals surface area (Å²) in [4.78, 5) is 15.3. The van der Waals surface area contributed by atoms with Crippen molar-refractivity contribution in [2.75, 3.05) is 7.11 Å². The van der Waals surface area contributed by atoms with E-state index >= 15 is 0 Å². The Bertz CT molecular complexity index is 415. The van der Waals surface area contributed by atoms with E-state index in [0.717, 1.165) is 22.6 Å². The molecule has 0 aliphatic heterocycles. The van der Waals surface area contributed by atoms with Crippen molar-refractivity contribution >= 4 is 5.97 Å². The number of carbonyl (C=O) groups is 1. The maximum absolute atomic E-state index is 11.0. The summed E-state index contributed by atoms with van der Waals surface area (Å²) >= 11 is 0. The summed E-state index contributed by atoms with van der Waals surface area (Å²) < 4.78 is 5.30. The summed E-state index contributed by atoms with van der Waals surface area (Å²) in [6, 6.07) is 0. The van der Waals surface area contributed by atoms with Crippen LogP contribution >= 0.6 is 0 Å². The SMILES string of the molecule is CCC(Cc1ncc(C)c(OC)c1C)C(=O)O. The molecule has 17 heavy (non-hydrogen) atoms. The highest BCUT2D eigenvalue weighted by molar-refractivity contribution is 5.70. The third kappa shape index (κ3) is 2.96. The Kier molecular flexibility index (Phi) is 4.49. The number of aliphatic carboxylic acids is 1. The van der Waals surface area contributed by atoms with Gasteiger partial charge in [-0.05, 0) is 20.3 Å². The lowest BCUT2D eigenvalue weighted by molar-refractivity contribution is -0.141. The Hall–Kier alpha value is -1.58. The molecule has 1 aromatic rings. The van der Waals surface area contributed by atoms with Gasteiger partial charge in [-0.25, -0.2) is 0 Å². The molecule has 4 heteroatoms. The van der Waals surface area contributed by atoms with E-state index in [9.17, 15) is 4.79 Å². The van der Waals surface area contributed by atoms with Gasteiger partial charge in [0.15, 0.2) is 0 Å². The van der Waals surface area contributed by atoms with E-state index in [1.54, 1.807) is 13.3 Å². The molecule has 1 atom stereocenters. The molecule has 0 amide bonds. The molecule has 0 spiro atoms. The number of hydrogen-bond acceptors (Lipinski definition) is 3. The van der Waals surface area contributed by atoms with Crippen LogP contribution < -0.4 is 4.74 Å². The minimum atomic E-state index is -0.770. The minimum Gasteiger partial charge on any atom is -0.496 e. The van der Waals surface area contributed by atoms with Gasteiger partial charge in [-0.3, -0.25) is 9.78 Å². The number of aromatic nitrogens is 1. The summed E-state index contributed by atoms with van der Waals surface area (Å²) in [5, 5.41) is 9.05. The van der Waals surface area contributed by atoms with Crippen LogP contribution in [-0.2, 0) is 11.2 Å². The molecular formula is C13H19NO3. The van der Waals surface area contributed by atoms with E-state index in [1.807, 2.05) is 20.8 Å². The molecule has 0 aliphatic carbocycles. The third-order valence-electron chi connectivity index (χ3n) is 3.03. The lowest BCUT2D eigenvalue weighted by Gasteiger charge is -2.14. The number of carboxylic acid groups (broad SMARTS) is 1. The predicted octanol–water partition coefficient (Wildman–Crippen LogP) is 2.36. The van der Waals surface area contributed by atoms with Gasteiger partial charge in [-0.1, -0.05) is 6.92 Å². The highest BCUT2D eigenvalue weighted by Crippen LogP contribution is 2.26. The summed E-state index contributed by atoms with van der Waals surface area (Å²) in [7, 11) is 1.62. The van der Waals surface area contributed by atoms with Crippen molar-refractivity contribution in [3.63, 3.8) is 0 Å². The van der Waals surface area contributed by atoms with Crippen molar-refractivity contribution < 1.29 is 14.6 Å². The van der Waals surface area contributed by atoms with Gasteiger partial charge >= 0.3 is 5.97 Å². The van der Waals surface area contributed by atoms with Crippen LogP contribution in [0.5, 0.6) is 5.75 Å². The van der Waals surface area contributed by atoms with Crippen molar-refractivity contribution in [1.29, 1.82) is 0 Å². The van der Waals surface area contributed by atoms with Gasteiger partial charge in [0.1, 0.15) is 5.75 Å². The third-order valence-corrected chi connectivity index (χ3v) is 3.03. The van der Waals surface area contributed by atoms with Gasteiger partial charge in [-0.15, -0.1) is 0 Å². The highest BCUT2D eigenvalue weighted by Gasteiger charge is 2.19. The monoisotopic (exact) mass is 237 g/mol. The average molecular weight is 237 g/mol. The smallest absolute Gasteiger partial charge is 0.306 e. The quantitative estimate of drug-likeness (QED) is 0.854. The zero-order chi connectivity index (χ0) is 13.0. The van der Waals surface area contributed by atoms with Crippen LogP contribution in [0.15, 0.2) is 6.20 Å². The van der Waals surface area contributed by atoms with Crippen LogP contribution in [0.3, 0.4) is 0 Å². The average Bonchev–Trinajstić information content (AvgIpc) is 2.28. The molecule has 1 unspecified atom stereocenters. The Morgan fingerprint density at radius 2 is 2.18 bits per heavy atom.